The zero-order valence-corrected chi connectivity index (χ0v) is 18.4. The van der Waals surface area contributed by atoms with Crippen LogP contribution >= 0.6 is 0 Å². The first-order valence-corrected chi connectivity index (χ1v) is 11.2. The number of hydrogen-bond acceptors (Lipinski definition) is 5. The number of carbonyl (C=O) groups is 2. The molecular weight excluding hydrogens is 421 g/mol. The molecule has 2 aromatic heterocycles. The SMILES string of the molecule is Cc1nc([C@H]2CCCN2C(=O)c2ccccn2)nc2c1CCC(=O)N2Cc1cccc(F)c1. The van der Waals surface area contributed by atoms with E-state index in [9.17, 15) is 14.0 Å². The van der Waals surface area contributed by atoms with Crippen molar-refractivity contribution in [2.45, 2.75) is 45.2 Å². The van der Waals surface area contributed by atoms with Gasteiger partial charge in [0.15, 0.2) is 5.82 Å². The second kappa shape index (κ2) is 8.69. The molecule has 5 rings (SSSR count). The first-order chi connectivity index (χ1) is 16.0. The fourth-order valence-corrected chi connectivity index (χ4v) is 4.65. The Bertz CT molecular complexity index is 1220. The molecule has 8 heteroatoms. The van der Waals surface area contributed by atoms with Gasteiger partial charge in [0, 0.05) is 30.4 Å². The number of pyridine rings is 1. The third-order valence-corrected chi connectivity index (χ3v) is 6.28. The third kappa shape index (κ3) is 4.08. The van der Waals surface area contributed by atoms with Crippen molar-refractivity contribution in [3.05, 3.63) is 82.8 Å². The van der Waals surface area contributed by atoms with Crippen molar-refractivity contribution in [2.75, 3.05) is 11.4 Å². The van der Waals surface area contributed by atoms with Gasteiger partial charge in [-0.2, -0.15) is 0 Å². The first kappa shape index (κ1) is 21.2. The normalized spacial score (nSPS) is 17.9. The van der Waals surface area contributed by atoms with Crippen LogP contribution in [0.1, 0.15) is 58.4 Å². The molecule has 168 valence electrons. The van der Waals surface area contributed by atoms with Gasteiger partial charge in [0.1, 0.15) is 17.3 Å². The number of aryl methyl sites for hydroxylation is 1. The Balaban J connectivity index is 1.50. The molecule has 1 saturated heterocycles. The third-order valence-electron chi connectivity index (χ3n) is 6.28. The molecule has 0 saturated carbocycles. The number of rotatable bonds is 4. The first-order valence-electron chi connectivity index (χ1n) is 11.2. The van der Waals surface area contributed by atoms with Crippen LogP contribution in [0.5, 0.6) is 0 Å². The summed E-state index contributed by atoms with van der Waals surface area (Å²) in [4.78, 5) is 43.1. The minimum atomic E-state index is -0.341. The largest absolute Gasteiger partial charge is 0.327 e. The highest BCUT2D eigenvalue weighted by Crippen LogP contribution is 2.35. The molecule has 33 heavy (non-hydrogen) atoms. The number of anilines is 1. The second-order valence-corrected chi connectivity index (χ2v) is 8.45. The van der Waals surface area contributed by atoms with Gasteiger partial charge >= 0.3 is 0 Å². The fraction of sp³-hybridized carbons (Fsp3) is 0.320. The average Bonchev–Trinajstić information content (AvgIpc) is 3.31. The van der Waals surface area contributed by atoms with Crippen LogP contribution in [0.2, 0.25) is 0 Å². The summed E-state index contributed by atoms with van der Waals surface area (Å²) >= 11 is 0. The van der Waals surface area contributed by atoms with E-state index < -0.39 is 0 Å². The van der Waals surface area contributed by atoms with E-state index >= 15 is 0 Å². The predicted octanol–water partition coefficient (Wildman–Crippen LogP) is 3.78. The monoisotopic (exact) mass is 445 g/mol. The van der Waals surface area contributed by atoms with E-state index in [1.54, 1.807) is 46.3 Å². The summed E-state index contributed by atoms with van der Waals surface area (Å²) in [7, 11) is 0. The number of nitrogens with zero attached hydrogens (tertiary/aromatic N) is 5. The van der Waals surface area contributed by atoms with Gasteiger partial charge in [-0.1, -0.05) is 18.2 Å². The van der Waals surface area contributed by atoms with Gasteiger partial charge in [-0.25, -0.2) is 14.4 Å². The lowest BCUT2D eigenvalue weighted by molar-refractivity contribution is -0.119. The lowest BCUT2D eigenvalue weighted by atomic mass is 10.0. The van der Waals surface area contributed by atoms with E-state index in [0.717, 1.165) is 24.1 Å². The predicted molar refractivity (Wildman–Crippen MR) is 120 cm³/mol. The Kier molecular flexibility index (Phi) is 5.58. The van der Waals surface area contributed by atoms with Gasteiger partial charge in [-0.05, 0) is 56.0 Å². The van der Waals surface area contributed by atoms with E-state index in [-0.39, 0.29) is 30.2 Å². The molecule has 0 radical (unpaired) electrons. The number of amides is 2. The van der Waals surface area contributed by atoms with Crippen LogP contribution in [-0.2, 0) is 17.8 Å². The standard InChI is InChI=1S/C25H24FN5O2/c1-16-19-10-11-22(32)31(15-17-6-4-7-18(26)14-17)24(19)29-23(28-16)21-9-5-13-30(21)25(33)20-8-2-3-12-27-20/h2-4,6-8,12,14,21H,5,9-11,13,15H2,1H3/t21-/m1/s1. The van der Waals surface area contributed by atoms with Gasteiger partial charge in [0.2, 0.25) is 5.91 Å². The Morgan fingerprint density at radius 1 is 1.15 bits per heavy atom. The summed E-state index contributed by atoms with van der Waals surface area (Å²) in [6, 6.07) is 11.2. The summed E-state index contributed by atoms with van der Waals surface area (Å²) < 4.78 is 13.7. The molecule has 2 amide bonds. The molecule has 2 aliphatic rings. The lowest BCUT2D eigenvalue weighted by Crippen LogP contribution is -2.37. The van der Waals surface area contributed by atoms with Gasteiger partial charge in [0.05, 0.1) is 12.6 Å². The van der Waals surface area contributed by atoms with E-state index in [2.05, 4.69) is 4.98 Å². The van der Waals surface area contributed by atoms with Crippen LogP contribution in [0.4, 0.5) is 10.2 Å². The molecule has 1 fully saturated rings. The van der Waals surface area contributed by atoms with Gasteiger partial charge in [-0.3, -0.25) is 19.5 Å². The maximum absolute atomic E-state index is 13.7. The van der Waals surface area contributed by atoms with Gasteiger partial charge in [0.25, 0.3) is 5.91 Å². The molecular formula is C25H24FN5O2. The molecule has 3 aromatic rings. The number of benzene rings is 1. The molecule has 1 atom stereocenters. The number of fused-ring (bicyclic) bond motifs is 1. The van der Waals surface area contributed by atoms with Crippen molar-refractivity contribution in [1.82, 2.24) is 19.9 Å². The van der Waals surface area contributed by atoms with Crippen molar-refractivity contribution in [2.24, 2.45) is 0 Å². The van der Waals surface area contributed by atoms with Crippen LogP contribution in [0.25, 0.3) is 0 Å². The molecule has 0 aliphatic carbocycles. The van der Waals surface area contributed by atoms with E-state index in [1.165, 1.54) is 12.1 Å². The zero-order valence-electron chi connectivity index (χ0n) is 18.4. The van der Waals surface area contributed by atoms with E-state index in [4.69, 9.17) is 9.97 Å². The minimum Gasteiger partial charge on any atom is -0.327 e. The van der Waals surface area contributed by atoms with Crippen LogP contribution in [0, 0.1) is 12.7 Å². The molecule has 7 nitrogen and oxygen atoms in total. The van der Waals surface area contributed by atoms with Crippen LogP contribution < -0.4 is 4.90 Å². The number of halogens is 1. The fourth-order valence-electron chi connectivity index (χ4n) is 4.65. The van der Waals surface area contributed by atoms with Crippen molar-refractivity contribution in [3.63, 3.8) is 0 Å². The summed E-state index contributed by atoms with van der Waals surface area (Å²) in [5.74, 6) is 0.557. The molecule has 2 aliphatic heterocycles. The number of hydrogen-bond donors (Lipinski definition) is 0. The molecule has 4 heterocycles. The highest BCUT2D eigenvalue weighted by molar-refractivity contribution is 5.95. The smallest absolute Gasteiger partial charge is 0.273 e. The van der Waals surface area contributed by atoms with Crippen LogP contribution in [0.3, 0.4) is 0 Å². The summed E-state index contributed by atoms with van der Waals surface area (Å²) in [5, 5.41) is 0. The Hall–Kier alpha value is -3.68. The summed E-state index contributed by atoms with van der Waals surface area (Å²) in [6.45, 7) is 2.76. The second-order valence-electron chi connectivity index (χ2n) is 8.45. The molecule has 0 bridgehead atoms. The topological polar surface area (TPSA) is 79.3 Å². The molecule has 0 N–H and O–H groups in total. The molecule has 1 aromatic carbocycles. The quantitative estimate of drug-likeness (QED) is 0.611. The van der Waals surface area contributed by atoms with Crippen molar-refractivity contribution >= 4 is 17.6 Å². The minimum absolute atomic E-state index is 0.0522. The molecule has 0 spiro atoms. The van der Waals surface area contributed by atoms with E-state index in [0.29, 0.717) is 42.3 Å². The Labute approximate surface area is 191 Å². The van der Waals surface area contributed by atoms with Crippen LogP contribution in [0.15, 0.2) is 48.7 Å². The summed E-state index contributed by atoms with van der Waals surface area (Å²) in [5.41, 5.74) is 2.82. The van der Waals surface area contributed by atoms with Gasteiger partial charge < -0.3 is 4.90 Å². The van der Waals surface area contributed by atoms with Crippen LogP contribution in [-0.4, -0.2) is 38.2 Å². The van der Waals surface area contributed by atoms with E-state index in [1.807, 2.05) is 6.92 Å². The number of carbonyl (C=O) groups excluding carboxylic acids is 2. The Morgan fingerprint density at radius 3 is 2.82 bits per heavy atom. The maximum atomic E-state index is 13.7. The zero-order chi connectivity index (χ0) is 22.9. The average molecular weight is 445 g/mol. The highest BCUT2D eigenvalue weighted by atomic mass is 19.1. The van der Waals surface area contributed by atoms with Crippen molar-refractivity contribution in [1.29, 1.82) is 0 Å². The lowest BCUT2D eigenvalue weighted by Gasteiger charge is -2.31. The number of aromatic nitrogens is 3. The van der Waals surface area contributed by atoms with Crippen molar-refractivity contribution < 1.29 is 14.0 Å². The maximum Gasteiger partial charge on any atom is 0.273 e. The number of likely N-dealkylation sites (tertiary alicyclic amines) is 1. The Morgan fingerprint density at radius 2 is 2.03 bits per heavy atom. The van der Waals surface area contributed by atoms with Gasteiger partial charge in [-0.15, -0.1) is 0 Å². The van der Waals surface area contributed by atoms with Crippen molar-refractivity contribution in [3.8, 4) is 0 Å². The summed E-state index contributed by atoms with van der Waals surface area (Å²) in [6.07, 6.45) is 4.12. The molecule has 0 unspecified atom stereocenters. The highest BCUT2D eigenvalue weighted by Gasteiger charge is 2.35.